The van der Waals surface area contributed by atoms with Crippen molar-refractivity contribution in [3.05, 3.63) is 29.8 Å². The van der Waals surface area contributed by atoms with Gasteiger partial charge in [-0.1, -0.05) is 26.0 Å². The van der Waals surface area contributed by atoms with Gasteiger partial charge in [-0.25, -0.2) is 4.79 Å². The molecule has 26 heavy (non-hydrogen) atoms. The molecule has 1 amide bonds. The van der Waals surface area contributed by atoms with E-state index in [4.69, 9.17) is 5.73 Å². The molecule has 0 aliphatic heterocycles. The number of carbonyl (C=O) groups is 2. The topological polar surface area (TPSA) is 102 Å². The number of nitrogens with two attached hydrogens (primary N) is 1. The van der Waals surface area contributed by atoms with Gasteiger partial charge in [-0.3, -0.25) is 4.79 Å². The molecular weight excluding hydrogens is 353 g/mol. The van der Waals surface area contributed by atoms with Crippen LogP contribution in [0.3, 0.4) is 0 Å². The molecule has 6 nitrogen and oxygen atoms in total. The first-order valence-corrected chi connectivity index (χ1v) is 7.93. The minimum absolute atomic E-state index is 0.0117. The fourth-order valence-corrected chi connectivity index (χ4v) is 2.47. The van der Waals surface area contributed by atoms with Gasteiger partial charge in [0.25, 0.3) is 0 Å². The Hall–Kier alpha value is -2.29. The van der Waals surface area contributed by atoms with Crippen LogP contribution in [0.5, 0.6) is 5.75 Å². The predicted molar refractivity (Wildman–Crippen MR) is 88.2 cm³/mol. The minimum atomic E-state index is -4.99. The number of methoxy groups -OCH3 is 1. The SMILES string of the molecule is COC(=O)[C@H](Cc1ccc(O)cc1)NC(=O)[C@@](N)(CC(C)C)C(F)(F)F. The molecule has 1 rings (SSSR count). The number of hydrogen-bond donors (Lipinski definition) is 3. The highest BCUT2D eigenvalue weighted by Gasteiger charge is 2.58. The lowest BCUT2D eigenvalue weighted by molar-refractivity contribution is -0.195. The lowest BCUT2D eigenvalue weighted by atomic mass is 9.87. The summed E-state index contributed by atoms with van der Waals surface area (Å²) in [5.41, 5.74) is 2.79. The Kier molecular flexibility index (Phi) is 7.02. The van der Waals surface area contributed by atoms with Crippen molar-refractivity contribution in [3.63, 3.8) is 0 Å². The Balaban J connectivity index is 3.06. The number of phenols is 1. The Morgan fingerprint density at radius 1 is 1.23 bits per heavy atom. The average molecular weight is 376 g/mol. The smallest absolute Gasteiger partial charge is 0.415 e. The summed E-state index contributed by atoms with van der Waals surface area (Å²) in [5.74, 6) is -2.91. The van der Waals surface area contributed by atoms with E-state index in [1.54, 1.807) is 0 Å². The molecule has 0 aromatic heterocycles. The largest absolute Gasteiger partial charge is 0.508 e. The Labute approximate surface area is 149 Å². The molecule has 0 aliphatic rings. The van der Waals surface area contributed by atoms with Gasteiger partial charge >= 0.3 is 12.1 Å². The van der Waals surface area contributed by atoms with E-state index in [0.29, 0.717) is 5.56 Å². The predicted octanol–water partition coefficient (Wildman–Crippen LogP) is 1.90. The lowest BCUT2D eigenvalue weighted by Gasteiger charge is -2.33. The van der Waals surface area contributed by atoms with Crippen LogP contribution in [0, 0.1) is 5.92 Å². The second kappa shape index (κ2) is 8.39. The molecule has 0 saturated carbocycles. The molecular formula is C17H23F3N2O4. The van der Waals surface area contributed by atoms with E-state index in [-0.39, 0.29) is 12.2 Å². The Bertz CT molecular complexity index is 632. The van der Waals surface area contributed by atoms with Crippen molar-refractivity contribution in [1.29, 1.82) is 0 Å². The van der Waals surface area contributed by atoms with E-state index in [1.807, 2.05) is 0 Å². The summed E-state index contributed by atoms with van der Waals surface area (Å²) < 4.78 is 44.7. The molecule has 146 valence electrons. The zero-order valence-electron chi connectivity index (χ0n) is 14.8. The molecule has 0 unspecified atom stereocenters. The third-order valence-corrected chi connectivity index (χ3v) is 3.81. The van der Waals surface area contributed by atoms with Crippen molar-refractivity contribution >= 4 is 11.9 Å². The number of hydrogen-bond acceptors (Lipinski definition) is 5. The summed E-state index contributed by atoms with van der Waals surface area (Å²) in [6, 6.07) is 4.31. The zero-order chi connectivity index (χ0) is 20.1. The molecule has 0 radical (unpaired) electrons. The third kappa shape index (κ3) is 5.35. The Morgan fingerprint density at radius 3 is 2.19 bits per heavy atom. The monoisotopic (exact) mass is 376 g/mol. The maximum Gasteiger partial charge on any atom is 0.415 e. The number of aromatic hydroxyl groups is 1. The van der Waals surface area contributed by atoms with Gasteiger partial charge in [0.1, 0.15) is 11.8 Å². The maximum absolute atomic E-state index is 13.4. The summed E-state index contributed by atoms with van der Waals surface area (Å²) in [6.07, 6.45) is -5.73. The van der Waals surface area contributed by atoms with Crippen LogP contribution in [0.4, 0.5) is 13.2 Å². The van der Waals surface area contributed by atoms with Crippen molar-refractivity contribution < 1.29 is 32.6 Å². The van der Waals surface area contributed by atoms with Gasteiger partial charge in [0.2, 0.25) is 5.91 Å². The van der Waals surface area contributed by atoms with Gasteiger partial charge in [0, 0.05) is 6.42 Å². The second-order valence-corrected chi connectivity index (χ2v) is 6.49. The fraction of sp³-hybridized carbons (Fsp3) is 0.529. The minimum Gasteiger partial charge on any atom is -0.508 e. The van der Waals surface area contributed by atoms with Gasteiger partial charge < -0.3 is 20.9 Å². The highest BCUT2D eigenvalue weighted by atomic mass is 19.4. The highest BCUT2D eigenvalue weighted by molar-refractivity contribution is 5.91. The first kappa shape index (κ1) is 21.8. The summed E-state index contributed by atoms with van der Waals surface area (Å²) in [7, 11) is 1.06. The number of amides is 1. The first-order chi connectivity index (χ1) is 11.9. The number of alkyl halides is 3. The molecule has 9 heteroatoms. The van der Waals surface area contributed by atoms with Gasteiger partial charge in [0.15, 0.2) is 5.54 Å². The van der Waals surface area contributed by atoms with Crippen LogP contribution in [0.15, 0.2) is 24.3 Å². The van der Waals surface area contributed by atoms with Crippen LogP contribution in [0.2, 0.25) is 0 Å². The number of benzene rings is 1. The number of phenolic OH excluding ortho intramolecular Hbond substituents is 1. The van der Waals surface area contributed by atoms with Gasteiger partial charge in [-0.15, -0.1) is 0 Å². The normalized spacial score (nSPS) is 15.2. The standard InChI is InChI=1S/C17H23F3N2O4/c1-10(2)9-16(21,17(18,19)20)15(25)22-13(14(24)26-3)8-11-4-6-12(23)7-5-11/h4-7,10,13,23H,8-9,21H2,1-3H3,(H,22,25)/t13-,16-/m0/s1. The van der Waals surface area contributed by atoms with Gasteiger partial charge in [-0.2, -0.15) is 13.2 Å². The lowest BCUT2D eigenvalue weighted by Crippen LogP contribution is -2.66. The number of ether oxygens (including phenoxy) is 1. The number of nitrogens with one attached hydrogen (secondary N) is 1. The van der Waals surface area contributed by atoms with Crippen molar-refractivity contribution in [2.24, 2.45) is 11.7 Å². The highest BCUT2D eigenvalue weighted by Crippen LogP contribution is 2.33. The quantitative estimate of drug-likeness (QED) is 0.631. The molecule has 4 N–H and O–H groups in total. The van der Waals surface area contributed by atoms with Crippen molar-refractivity contribution in [2.45, 2.75) is 44.4 Å². The molecule has 0 spiro atoms. The van der Waals surface area contributed by atoms with E-state index in [2.05, 4.69) is 10.1 Å². The number of carbonyl (C=O) groups excluding carboxylic acids is 2. The van der Waals surface area contributed by atoms with Crippen molar-refractivity contribution in [3.8, 4) is 5.75 Å². The zero-order valence-corrected chi connectivity index (χ0v) is 14.8. The van der Waals surface area contributed by atoms with E-state index in [9.17, 15) is 27.9 Å². The van der Waals surface area contributed by atoms with Crippen LogP contribution in [-0.4, -0.2) is 41.8 Å². The summed E-state index contributed by atoms with van der Waals surface area (Å²) >= 11 is 0. The molecule has 2 atom stereocenters. The summed E-state index contributed by atoms with van der Waals surface area (Å²) in [6.45, 7) is 3.02. The van der Waals surface area contributed by atoms with Crippen LogP contribution in [0.1, 0.15) is 25.8 Å². The maximum atomic E-state index is 13.4. The van der Waals surface area contributed by atoms with Gasteiger partial charge in [0.05, 0.1) is 7.11 Å². The molecule has 0 bridgehead atoms. The number of halogens is 3. The first-order valence-electron chi connectivity index (χ1n) is 7.93. The average Bonchev–Trinajstić information content (AvgIpc) is 2.53. The Morgan fingerprint density at radius 2 is 1.77 bits per heavy atom. The van der Waals surface area contributed by atoms with Crippen LogP contribution in [0.25, 0.3) is 0 Å². The van der Waals surface area contributed by atoms with E-state index >= 15 is 0 Å². The molecule has 1 aromatic rings. The molecule has 0 saturated heterocycles. The van der Waals surface area contributed by atoms with Crippen molar-refractivity contribution in [1.82, 2.24) is 5.32 Å². The van der Waals surface area contributed by atoms with E-state index in [1.165, 1.54) is 38.1 Å². The second-order valence-electron chi connectivity index (χ2n) is 6.49. The van der Waals surface area contributed by atoms with E-state index < -0.39 is 42.0 Å². The molecule has 1 aromatic carbocycles. The van der Waals surface area contributed by atoms with Gasteiger partial charge in [-0.05, 0) is 30.0 Å². The van der Waals surface area contributed by atoms with Crippen LogP contribution >= 0.6 is 0 Å². The summed E-state index contributed by atoms with van der Waals surface area (Å²) in [4.78, 5) is 24.2. The van der Waals surface area contributed by atoms with Crippen LogP contribution in [-0.2, 0) is 20.7 Å². The molecule has 0 aliphatic carbocycles. The number of rotatable bonds is 7. The van der Waals surface area contributed by atoms with Crippen molar-refractivity contribution in [2.75, 3.05) is 7.11 Å². The third-order valence-electron chi connectivity index (χ3n) is 3.81. The van der Waals surface area contributed by atoms with Crippen LogP contribution < -0.4 is 11.1 Å². The molecule has 0 heterocycles. The fourth-order valence-electron chi connectivity index (χ4n) is 2.47. The number of esters is 1. The summed E-state index contributed by atoms with van der Waals surface area (Å²) in [5, 5.41) is 11.3. The van der Waals surface area contributed by atoms with E-state index in [0.717, 1.165) is 7.11 Å². The molecule has 0 fully saturated rings.